The smallest absolute Gasteiger partial charge is 0.274 e. The lowest BCUT2D eigenvalue weighted by atomic mass is 10.2. The zero-order chi connectivity index (χ0) is 15.2. The monoisotopic (exact) mass is 287 g/mol. The Bertz CT molecular complexity index is 695. The predicted octanol–water partition coefficient (Wildman–Crippen LogP) is 2.18. The second-order valence-corrected chi connectivity index (χ2v) is 4.50. The molecule has 0 radical (unpaired) electrons. The molecular formula is C15H17N3O3. The third kappa shape index (κ3) is 3.68. The van der Waals surface area contributed by atoms with Crippen molar-refractivity contribution in [1.29, 1.82) is 0 Å². The van der Waals surface area contributed by atoms with Crippen molar-refractivity contribution < 1.29 is 9.53 Å². The van der Waals surface area contributed by atoms with E-state index in [1.165, 1.54) is 13.1 Å². The molecule has 0 atom stereocenters. The molecule has 0 saturated carbocycles. The quantitative estimate of drug-likeness (QED) is 0.882. The van der Waals surface area contributed by atoms with Crippen LogP contribution in [0.15, 0.2) is 35.3 Å². The van der Waals surface area contributed by atoms with Crippen LogP contribution in [0.5, 0.6) is 5.75 Å². The van der Waals surface area contributed by atoms with Crippen LogP contribution in [0.4, 0.5) is 5.69 Å². The minimum absolute atomic E-state index is 0.123. The first-order valence-corrected chi connectivity index (χ1v) is 6.71. The van der Waals surface area contributed by atoms with Crippen molar-refractivity contribution in [1.82, 2.24) is 9.97 Å². The molecule has 0 bridgehead atoms. The second kappa shape index (κ2) is 6.69. The number of para-hydroxylation sites is 1. The largest absolute Gasteiger partial charge is 0.493 e. The Hall–Kier alpha value is -2.63. The SMILES string of the molecule is CCCOc1ccccc1-c1ncc(NC(C)=O)c(=O)[nH]1. The summed E-state index contributed by atoms with van der Waals surface area (Å²) in [7, 11) is 0. The number of rotatable bonds is 5. The van der Waals surface area contributed by atoms with Gasteiger partial charge in [0.25, 0.3) is 5.56 Å². The van der Waals surface area contributed by atoms with E-state index < -0.39 is 5.56 Å². The number of nitrogens with zero attached hydrogens (tertiary/aromatic N) is 1. The van der Waals surface area contributed by atoms with Gasteiger partial charge in [0.05, 0.1) is 18.4 Å². The van der Waals surface area contributed by atoms with E-state index in [4.69, 9.17) is 4.74 Å². The fourth-order valence-electron chi connectivity index (χ4n) is 1.81. The van der Waals surface area contributed by atoms with Gasteiger partial charge in [0.2, 0.25) is 5.91 Å². The van der Waals surface area contributed by atoms with Gasteiger partial charge in [-0.15, -0.1) is 0 Å². The number of carbonyl (C=O) groups is 1. The fourth-order valence-corrected chi connectivity index (χ4v) is 1.81. The Morgan fingerprint density at radius 1 is 1.38 bits per heavy atom. The minimum Gasteiger partial charge on any atom is -0.493 e. The Morgan fingerprint density at radius 3 is 2.81 bits per heavy atom. The standard InChI is InChI=1S/C15H17N3O3/c1-3-8-21-13-7-5-4-6-11(13)14-16-9-12(15(20)18-14)17-10(2)19/h4-7,9H,3,8H2,1-2H3,(H,17,19)(H,16,18,20). The number of hydrogen-bond donors (Lipinski definition) is 2. The summed E-state index contributed by atoms with van der Waals surface area (Å²) in [6.07, 6.45) is 2.23. The summed E-state index contributed by atoms with van der Waals surface area (Å²) >= 11 is 0. The summed E-state index contributed by atoms with van der Waals surface area (Å²) in [5.74, 6) is 0.748. The highest BCUT2D eigenvalue weighted by Gasteiger charge is 2.10. The van der Waals surface area contributed by atoms with Gasteiger partial charge in [0.15, 0.2) is 0 Å². The molecule has 0 saturated heterocycles. The van der Waals surface area contributed by atoms with Crippen LogP contribution in [-0.4, -0.2) is 22.5 Å². The zero-order valence-corrected chi connectivity index (χ0v) is 12.0. The highest BCUT2D eigenvalue weighted by Crippen LogP contribution is 2.26. The average Bonchev–Trinajstić information content (AvgIpc) is 2.47. The van der Waals surface area contributed by atoms with Gasteiger partial charge in [-0.2, -0.15) is 0 Å². The molecule has 0 unspecified atom stereocenters. The molecule has 6 heteroatoms. The maximum atomic E-state index is 11.9. The second-order valence-electron chi connectivity index (χ2n) is 4.50. The molecule has 1 aromatic carbocycles. The Labute approximate surface area is 122 Å². The van der Waals surface area contributed by atoms with Crippen LogP contribution in [0.2, 0.25) is 0 Å². The predicted molar refractivity (Wildman–Crippen MR) is 80.4 cm³/mol. The molecule has 2 aromatic rings. The van der Waals surface area contributed by atoms with Gasteiger partial charge < -0.3 is 15.0 Å². The van der Waals surface area contributed by atoms with Gasteiger partial charge in [0.1, 0.15) is 17.3 Å². The van der Waals surface area contributed by atoms with Gasteiger partial charge in [-0.05, 0) is 18.6 Å². The number of aromatic amines is 1. The summed E-state index contributed by atoms with van der Waals surface area (Å²) in [6, 6.07) is 7.35. The average molecular weight is 287 g/mol. The maximum absolute atomic E-state index is 11.9. The first-order valence-electron chi connectivity index (χ1n) is 6.71. The van der Waals surface area contributed by atoms with Crippen LogP contribution in [0.3, 0.4) is 0 Å². The number of anilines is 1. The molecular weight excluding hydrogens is 270 g/mol. The molecule has 21 heavy (non-hydrogen) atoms. The number of nitrogens with one attached hydrogen (secondary N) is 2. The number of amides is 1. The van der Waals surface area contributed by atoms with Crippen molar-refractivity contribution in [2.24, 2.45) is 0 Å². The number of aromatic nitrogens is 2. The van der Waals surface area contributed by atoms with Crippen molar-refractivity contribution in [2.45, 2.75) is 20.3 Å². The molecule has 0 aliphatic rings. The summed E-state index contributed by atoms with van der Waals surface area (Å²) in [6.45, 7) is 3.94. The molecule has 2 N–H and O–H groups in total. The van der Waals surface area contributed by atoms with Crippen molar-refractivity contribution in [3.05, 3.63) is 40.8 Å². The highest BCUT2D eigenvalue weighted by molar-refractivity contribution is 5.88. The molecule has 1 heterocycles. The Kier molecular flexibility index (Phi) is 4.71. The molecule has 0 aliphatic carbocycles. The molecule has 1 aromatic heterocycles. The van der Waals surface area contributed by atoms with Crippen LogP contribution in [-0.2, 0) is 4.79 Å². The van der Waals surface area contributed by atoms with Gasteiger partial charge in [-0.25, -0.2) is 4.98 Å². The zero-order valence-electron chi connectivity index (χ0n) is 12.0. The Balaban J connectivity index is 2.36. The maximum Gasteiger partial charge on any atom is 0.274 e. The first kappa shape index (κ1) is 14.8. The number of benzene rings is 1. The number of carbonyl (C=O) groups excluding carboxylic acids is 1. The molecule has 1 amide bonds. The topological polar surface area (TPSA) is 84.1 Å². The normalized spacial score (nSPS) is 10.2. The van der Waals surface area contributed by atoms with Gasteiger partial charge >= 0.3 is 0 Å². The summed E-state index contributed by atoms with van der Waals surface area (Å²) in [5.41, 5.74) is 0.427. The Morgan fingerprint density at radius 2 is 2.14 bits per heavy atom. The molecule has 110 valence electrons. The minimum atomic E-state index is -0.402. The molecule has 2 rings (SSSR count). The molecule has 0 spiro atoms. The highest BCUT2D eigenvalue weighted by atomic mass is 16.5. The van der Waals surface area contributed by atoms with E-state index in [0.717, 1.165) is 6.42 Å². The fraction of sp³-hybridized carbons (Fsp3) is 0.267. The van der Waals surface area contributed by atoms with E-state index >= 15 is 0 Å². The molecule has 0 fully saturated rings. The van der Waals surface area contributed by atoms with E-state index in [1.807, 2.05) is 31.2 Å². The lowest BCUT2D eigenvalue weighted by molar-refractivity contribution is -0.114. The third-order valence-electron chi connectivity index (χ3n) is 2.71. The lowest BCUT2D eigenvalue weighted by Crippen LogP contribution is -2.18. The summed E-state index contributed by atoms with van der Waals surface area (Å²) in [5, 5.41) is 2.42. The van der Waals surface area contributed by atoms with Crippen LogP contribution in [0.1, 0.15) is 20.3 Å². The van der Waals surface area contributed by atoms with E-state index in [9.17, 15) is 9.59 Å². The van der Waals surface area contributed by atoms with Crippen molar-refractivity contribution in [2.75, 3.05) is 11.9 Å². The number of H-pyrrole nitrogens is 1. The van der Waals surface area contributed by atoms with Crippen molar-refractivity contribution in [3.63, 3.8) is 0 Å². The van der Waals surface area contributed by atoms with Crippen molar-refractivity contribution >= 4 is 11.6 Å². The van der Waals surface area contributed by atoms with Gasteiger partial charge in [-0.3, -0.25) is 9.59 Å². The number of hydrogen-bond acceptors (Lipinski definition) is 4. The molecule has 6 nitrogen and oxygen atoms in total. The summed E-state index contributed by atoms with van der Waals surface area (Å²) < 4.78 is 5.64. The number of ether oxygens (including phenoxy) is 1. The van der Waals surface area contributed by atoms with Gasteiger partial charge in [-0.1, -0.05) is 19.1 Å². The van der Waals surface area contributed by atoms with Crippen LogP contribution in [0, 0.1) is 0 Å². The van der Waals surface area contributed by atoms with Crippen LogP contribution >= 0.6 is 0 Å². The van der Waals surface area contributed by atoms with E-state index in [1.54, 1.807) is 0 Å². The van der Waals surface area contributed by atoms with Crippen LogP contribution < -0.4 is 15.6 Å². The van der Waals surface area contributed by atoms with E-state index in [0.29, 0.717) is 23.7 Å². The van der Waals surface area contributed by atoms with E-state index in [-0.39, 0.29) is 11.6 Å². The van der Waals surface area contributed by atoms with Crippen molar-refractivity contribution in [3.8, 4) is 17.1 Å². The lowest BCUT2D eigenvalue weighted by Gasteiger charge is -2.10. The summed E-state index contributed by atoms with van der Waals surface area (Å²) in [4.78, 5) is 29.7. The molecule has 0 aliphatic heterocycles. The van der Waals surface area contributed by atoms with E-state index in [2.05, 4.69) is 15.3 Å². The van der Waals surface area contributed by atoms with Crippen LogP contribution in [0.25, 0.3) is 11.4 Å². The first-order chi connectivity index (χ1) is 10.1. The van der Waals surface area contributed by atoms with Gasteiger partial charge in [0, 0.05) is 6.92 Å². The third-order valence-corrected chi connectivity index (χ3v) is 2.71.